The number of hydrogen-bond acceptors (Lipinski definition) is 34. The fraction of sp³-hybridized carbons (Fsp3) is 0.550. The van der Waals surface area contributed by atoms with Gasteiger partial charge in [0.05, 0.1) is 32.5 Å². The Balaban J connectivity index is 1.29. The maximum absolute atomic E-state index is 14.4. The second-order valence-electron chi connectivity index (χ2n) is 22.0. The number of rotatable bonds is 25. The molecule has 0 unspecified atom stereocenters. The van der Waals surface area contributed by atoms with Gasteiger partial charge in [0.25, 0.3) is 0 Å². The highest BCUT2D eigenvalue weighted by Gasteiger charge is 2.64. The number of aliphatic hydroxyl groups excluding tert-OH is 12. The zero-order chi connectivity index (χ0) is 68.3. The summed E-state index contributed by atoms with van der Waals surface area (Å²) >= 11 is 0. The van der Waals surface area contributed by atoms with Crippen molar-refractivity contribution in [3.8, 4) is 17.2 Å². The Kier molecular flexibility index (Phi) is 25.3. The van der Waals surface area contributed by atoms with Crippen molar-refractivity contribution in [3.05, 3.63) is 102 Å². The van der Waals surface area contributed by atoms with E-state index in [0.717, 1.165) is 26.0 Å². The molecule has 0 aliphatic carbocycles. The first-order valence-corrected chi connectivity index (χ1v) is 29.1. The molecular weight excluding hydrogens is 1260 g/mol. The van der Waals surface area contributed by atoms with Gasteiger partial charge in [0.15, 0.2) is 48.9 Å². The normalized spacial score (nSPS) is 36.0. The summed E-state index contributed by atoms with van der Waals surface area (Å²) in [6.45, 7) is -4.45. The van der Waals surface area contributed by atoms with Crippen LogP contribution in [0.1, 0.15) is 35.3 Å². The van der Waals surface area contributed by atoms with Crippen LogP contribution in [0, 0.1) is 0 Å². The van der Waals surface area contributed by atoms with Crippen molar-refractivity contribution in [2.75, 3.05) is 46.8 Å². The van der Waals surface area contributed by atoms with Crippen LogP contribution >= 0.6 is 0 Å². The van der Waals surface area contributed by atoms with Gasteiger partial charge in [-0.05, 0) is 59.7 Å². The van der Waals surface area contributed by atoms with Crippen LogP contribution in [0.2, 0.25) is 0 Å². The average molecular weight is 1340 g/mol. The number of aliphatic hydroxyl groups is 12. The lowest BCUT2D eigenvalue weighted by atomic mass is 9.95. The molecule has 3 aromatic carbocycles. The third kappa shape index (κ3) is 17.4. The van der Waals surface area contributed by atoms with E-state index in [2.05, 4.69) is 0 Å². The number of methoxy groups -OCH3 is 1. The molecule has 5 fully saturated rings. The van der Waals surface area contributed by atoms with E-state index in [-0.39, 0.29) is 28.4 Å². The monoisotopic (exact) mass is 1340 g/mol. The van der Waals surface area contributed by atoms with Gasteiger partial charge < -0.3 is 143 Å². The summed E-state index contributed by atoms with van der Waals surface area (Å²) in [5.41, 5.74) is 0.420. The van der Waals surface area contributed by atoms with E-state index < -0.39 is 216 Å². The van der Waals surface area contributed by atoms with Crippen molar-refractivity contribution in [2.45, 2.75) is 161 Å². The van der Waals surface area contributed by atoms with Gasteiger partial charge in [0.1, 0.15) is 129 Å². The predicted octanol–water partition coefficient (Wildman–Crippen LogP) is -4.97. The van der Waals surface area contributed by atoms with Crippen LogP contribution in [0.4, 0.5) is 0 Å². The van der Waals surface area contributed by atoms with Gasteiger partial charge in [-0.2, -0.15) is 0 Å². The fourth-order valence-electron chi connectivity index (χ4n) is 10.5. The molecule has 34 nitrogen and oxygen atoms in total. The molecule has 0 saturated carbocycles. The second kappa shape index (κ2) is 32.7. The molecule has 0 radical (unpaired) electrons. The summed E-state index contributed by atoms with van der Waals surface area (Å²) in [5.74, 6) is -9.18. The van der Waals surface area contributed by atoms with Gasteiger partial charge in [0.2, 0.25) is 5.79 Å². The Morgan fingerprint density at radius 3 is 1.56 bits per heavy atom. The summed E-state index contributed by atoms with van der Waals surface area (Å²) in [6, 6.07) is 16.4. The lowest BCUT2D eigenvalue weighted by Crippen LogP contribution is -2.69. The Bertz CT molecular complexity index is 3060. The van der Waals surface area contributed by atoms with Crippen molar-refractivity contribution in [2.24, 2.45) is 0 Å². The number of carbonyl (C=O) groups is 5. The van der Waals surface area contributed by atoms with Gasteiger partial charge in [-0.25, -0.2) is 14.4 Å². The summed E-state index contributed by atoms with van der Waals surface area (Å²) in [7, 11) is 1.25. The third-order valence-electron chi connectivity index (χ3n) is 15.5. The van der Waals surface area contributed by atoms with Gasteiger partial charge in [-0.3, -0.25) is 9.59 Å². The minimum atomic E-state index is -3.00. The minimum Gasteiger partial charge on any atom is -0.508 e. The van der Waals surface area contributed by atoms with Crippen LogP contribution < -0.4 is 4.74 Å². The molecule has 0 amide bonds. The molecule has 5 heterocycles. The summed E-state index contributed by atoms with van der Waals surface area (Å²) in [4.78, 5) is 67.5. The SMILES string of the molecule is COc1cc(C=CC(=O)O[C@H]2[C@@H](O[C@H]3O[C@@H](COC(C)=O)[C@@H](O[C@@H]4O[C@H](CO)[C@@H](O)[C@@H](O)[C@@H]4O)[C@@H](O)[C@@H]3O)[C@H](O[C@@H]3O[C@H](CO)[C@H](O)[C@@H](O)[C@H]3O)[C@H](O[C@]3(COC(=O)C=Cc4ccc(O)cc4)O[C@@H](CO)[C@H](O)[C@@H]3OC(=O)c3ccccc3)O[C@@H]2COC(C)=O)ccc1O. The van der Waals surface area contributed by atoms with E-state index in [9.17, 15) is 95.5 Å². The molecule has 0 aromatic heterocycles. The van der Waals surface area contributed by atoms with Gasteiger partial charge in [-0.1, -0.05) is 36.4 Å². The largest absolute Gasteiger partial charge is 0.508 e. The Hall–Kier alpha value is -6.95. The summed E-state index contributed by atoms with van der Waals surface area (Å²) in [5, 5.41) is 153. The molecule has 34 heteroatoms. The van der Waals surface area contributed by atoms with Gasteiger partial charge in [-0.15, -0.1) is 0 Å². The van der Waals surface area contributed by atoms with Crippen LogP contribution in [-0.2, 0) is 85.5 Å². The van der Waals surface area contributed by atoms with Crippen molar-refractivity contribution in [1.29, 1.82) is 0 Å². The molecule has 518 valence electrons. The van der Waals surface area contributed by atoms with Crippen LogP contribution in [0.25, 0.3) is 12.2 Å². The third-order valence-corrected chi connectivity index (χ3v) is 15.5. The van der Waals surface area contributed by atoms with Crippen LogP contribution in [0.3, 0.4) is 0 Å². The molecule has 8 rings (SSSR count). The molecule has 94 heavy (non-hydrogen) atoms. The first kappa shape index (κ1) is 72.9. The van der Waals surface area contributed by atoms with Crippen molar-refractivity contribution in [3.63, 3.8) is 0 Å². The zero-order valence-corrected chi connectivity index (χ0v) is 50.2. The molecule has 0 spiro atoms. The average Bonchev–Trinajstić information content (AvgIpc) is 1.34. The number of esters is 5. The first-order chi connectivity index (χ1) is 44.8. The number of hydrogen-bond donors (Lipinski definition) is 14. The summed E-state index contributed by atoms with van der Waals surface area (Å²) < 4.78 is 89.0. The number of aromatic hydroxyl groups is 2. The highest BCUT2D eigenvalue weighted by atomic mass is 16.8. The molecule has 3 aromatic rings. The number of phenols is 2. The van der Waals surface area contributed by atoms with Crippen LogP contribution in [0.5, 0.6) is 17.2 Å². The number of benzene rings is 3. The van der Waals surface area contributed by atoms with E-state index >= 15 is 0 Å². The minimum absolute atomic E-state index is 0.0365. The van der Waals surface area contributed by atoms with Crippen molar-refractivity contribution in [1.82, 2.24) is 0 Å². The lowest BCUT2D eigenvalue weighted by molar-refractivity contribution is -0.423. The quantitative estimate of drug-likeness (QED) is 0.0215. The van der Waals surface area contributed by atoms with E-state index in [1.54, 1.807) is 6.07 Å². The standard InChI is InChI=1S/C60H74O34/c1-26(64)81-23-37-50(89-56-47(76)44(73)41(70)34(20-61)84-56)46(75)49(78)58(86-37)90-52-51(88-40(69)18-13-29-11-16-32(67)33(19-29)80-3)38(24-82-27(2)65)87-59(53(52)91-57-48(77)45(74)42(71)35(21-62)85-57)94-60(25-83-39(68)17-12-28-9-14-31(66)15-10-28)54(43(72)36(22-63)93-60)92-55(79)30-7-5-4-6-8-30/h4-19,34-38,41-54,56-59,61-63,66-67,70-78H,20-25H2,1-3H3/t34-,35-,36+,37+,38-,41-,42+,43+,44-,45-,46+,47+,48-,49+,50-,51-,52-,53+,54+,56+,57+,58-,59+,60+/m1/s1. The highest BCUT2D eigenvalue weighted by molar-refractivity contribution is 5.90. The predicted molar refractivity (Wildman–Crippen MR) is 304 cm³/mol. The van der Waals surface area contributed by atoms with Gasteiger partial charge in [0, 0.05) is 26.0 Å². The lowest BCUT2D eigenvalue weighted by Gasteiger charge is -2.51. The second-order valence-corrected chi connectivity index (χ2v) is 22.0. The van der Waals surface area contributed by atoms with E-state index in [1.165, 1.54) is 86.0 Å². The fourth-order valence-corrected chi connectivity index (χ4v) is 10.5. The maximum Gasteiger partial charge on any atom is 0.338 e. The molecule has 5 saturated heterocycles. The van der Waals surface area contributed by atoms with E-state index in [4.69, 9.17) is 71.1 Å². The van der Waals surface area contributed by atoms with Crippen molar-refractivity contribution < 1.29 is 167 Å². The van der Waals surface area contributed by atoms with Crippen LogP contribution in [0.15, 0.2) is 84.9 Å². The molecule has 5 aliphatic rings. The Labute approximate surface area is 533 Å². The molecule has 24 atom stereocenters. The number of carbonyl (C=O) groups excluding carboxylic acids is 5. The topological polar surface area (TPSA) is 507 Å². The van der Waals surface area contributed by atoms with Crippen LogP contribution in [-0.4, -0.2) is 295 Å². The number of phenolic OH excluding ortho intramolecular Hbond substituents is 2. The van der Waals surface area contributed by atoms with E-state index in [1.807, 2.05) is 0 Å². The van der Waals surface area contributed by atoms with Gasteiger partial charge >= 0.3 is 29.8 Å². The smallest absolute Gasteiger partial charge is 0.338 e. The molecule has 0 bridgehead atoms. The first-order valence-electron chi connectivity index (χ1n) is 29.1. The van der Waals surface area contributed by atoms with E-state index in [0.29, 0.717) is 5.56 Å². The zero-order valence-electron chi connectivity index (χ0n) is 50.2. The highest BCUT2D eigenvalue weighted by Crippen LogP contribution is 2.43. The molecule has 5 aliphatic heterocycles. The molecule has 14 N–H and O–H groups in total. The summed E-state index contributed by atoms with van der Waals surface area (Å²) in [6.07, 6.45) is -45.4. The Morgan fingerprint density at radius 1 is 0.500 bits per heavy atom. The molecular formula is C60H74O34. The maximum atomic E-state index is 14.4. The number of ether oxygens (including phenoxy) is 15. The van der Waals surface area contributed by atoms with Crippen molar-refractivity contribution >= 4 is 42.0 Å². The Morgan fingerprint density at radius 2 is 1.00 bits per heavy atom.